The minimum atomic E-state index is -1.14. The Labute approximate surface area is 260 Å². The fraction of sp³-hybridized carbons (Fsp3) is 0.333. The van der Waals surface area contributed by atoms with Crippen LogP contribution in [0.5, 0.6) is 5.75 Å². The molecular weight excluding hydrogens is 586 g/mol. The quantitative estimate of drug-likeness (QED) is 0.233. The molecular formula is C33H36F2N4O6. The van der Waals surface area contributed by atoms with Gasteiger partial charge in [-0.25, -0.2) is 18.4 Å². The minimum Gasteiger partial charge on any atom is -0.482 e. The van der Waals surface area contributed by atoms with Crippen LogP contribution in [0.4, 0.5) is 30.6 Å². The molecule has 0 atom stereocenters. The molecule has 4 amide bonds. The van der Waals surface area contributed by atoms with Crippen molar-refractivity contribution in [1.82, 2.24) is 5.32 Å². The molecule has 3 aromatic rings. The highest BCUT2D eigenvalue weighted by Crippen LogP contribution is 2.31. The number of anilines is 3. The lowest BCUT2D eigenvalue weighted by molar-refractivity contribution is -0.120. The van der Waals surface area contributed by atoms with Gasteiger partial charge in [-0.2, -0.15) is 0 Å². The maximum atomic E-state index is 13.7. The summed E-state index contributed by atoms with van der Waals surface area (Å²) in [6.07, 6.45) is 6.33. The van der Waals surface area contributed by atoms with Gasteiger partial charge in [0, 0.05) is 31.0 Å². The van der Waals surface area contributed by atoms with Gasteiger partial charge in [-0.1, -0.05) is 50.3 Å². The number of nitrogens with one attached hydrogen (secondary N) is 2. The number of urea groups is 1. The van der Waals surface area contributed by atoms with Crippen molar-refractivity contribution in [3.8, 4) is 5.75 Å². The molecule has 45 heavy (non-hydrogen) atoms. The standard InChI is InChI=1S/C33H36F2N4O6/c1-38(27-18-24(34)17-25(35)19-27)31(41)21-45-29-13-6-5-12-28(29)39(15-14-22-8-3-2-4-9-22)30(40)20-36-33(44)37-26-11-7-10-23(16-26)32(42)43/h5-7,10-13,16-19,22H,2-4,8-9,14-15,20-21H2,1H3,(H,42,43)(H2,36,37,44). The number of hydrogen-bond donors (Lipinski definition) is 3. The zero-order chi connectivity index (χ0) is 32.3. The van der Waals surface area contributed by atoms with E-state index < -0.39 is 42.1 Å². The van der Waals surface area contributed by atoms with Crippen LogP contribution in [0, 0.1) is 17.6 Å². The third-order valence-electron chi connectivity index (χ3n) is 7.67. The first-order valence-corrected chi connectivity index (χ1v) is 14.7. The highest BCUT2D eigenvalue weighted by molar-refractivity contribution is 6.00. The zero-order valence-corrected chi connectivity index (χ0v) is 24.9. The first-order valence-electron chi connectivity index (χ1n) is 14.7. The zero-order valence-electron chi connectivity index (χ0n) is 24.9. The van der Waals surface area contributed by atoms with E-state index in [9.17, 15) is 33.1 Å². The maximum absolute atomic E-state index is 13.7. The Morgan fingerprint density at radius 1 is 0.911 bits per heavy atom. The number of para-hydroxylation sites is 2. The number of rotatable bonds is 12. The molecule has 3 aromatic carbocycles. The first kappa shape index (κ1) is 32.9. The number of nitrogens with zero attached hydrogens (tertiary/aromatic N) is 2. The Balaban J connectivity index is 1.46. The van der Waals surface area contributed by atoms with Crippen molar-refractivity contribution < 1.29 is 37.8 Å². The monoisotopic (exact) mass is 622 g/mol. The van der Waals surface area contributed by atoms with Crippen molar-refractivity contribution in [3.05, 3.63) is 83.9 Å². The smallest absolute Gasteiger partial charge is 0.335 e. The number of likely N-dealkylation sites (N-methyl/N-ethyl adjacent to an activating group) is 1. The van der Waals surface area contributed by atoms with Gasteiger partial charge in [-0.05, 0) is 54.8 Å². The fourth-order valence-corrected chi connectivity index (χ4v) is 5.24. The molecule has 0 unspecified atom stereocenters. The minimum absolute atomic E-state index is 0.00198. The topological polar surface area (TPSA) is 128 Å². The summed E-state index contributed by atoms with van der Waals surface area (Å²) in [7, 11) is 1.38. The summed E-state index contributed by atoms with van der Waals surface area (Å²) >= 11 is 0. The van der Waals surface area contributed by atoms with E-state index in [2.05, 4.69) is 10.6 Å². The highest BCUT2D eigenvalue weighted by Gasteiger charge is 2.24. The first-order chi connectivity index (χ1) is 21.6. The van der Waals surface area contributed by atoms with Crippen molar-refractivity contribution >= 4 is 40.9 Å². The maximum Gasteiger partial charge on any atom is 0.335 e. The average molecular weight is 623 g/mol. The second-order valence-electron chi connectivity index (χ2n) is 10.9. The molecule has 4 rings (SSSR count). The molecule has 1 aliphatic carbocycles. The molecule has 0 heterocycles. The van der Waals surface area contributed by atoms with Crippen LogP contribution in [0.15, 0.2) is 66.7 Å². The van der Waals surface area contributed by atoms with Crippen LogP contribution in [0.3, 0.4) is 0 Å². The highest BCUT2D eigenvalue weighted by atomic mass is 19.1. The van der Waals surface area contributed by atoms with E-state index in [0.29, 0.717) is 24.2 Å². The lowest BCUT2D eigenvalue weighted by Gasteiger charge is -2.29. The Bertz CT molecular complexity index is 1510. The van der Waals surface area contributed by atoms with Gasteiger partial charge < -0.3 is 30.3 Å². The number of carbonyl (C=O) groups is 4. The van der Waals surface area contributed by atoms with Gasteiger partial charge >= 0.3 is 12.0 Å². The van der Waals surface area contributed by atoms with Crippen LogP contribution in [0.25, 0.3) is 0 Å². The summed E-state index contributed by atoms with van der Waals surface area (Å²) in [4.78, 5) is 52.8. The van der Waals surface area contributed by atoms with Gasteiger partial charge in [0.15, 0.2) is 6.61 Å². The van der Waals surface area contributed by atoms with Crippen LogP contribution in [-0.4, -0.2) is 55.7 Å². The van der Waals surface area contributed by atoms with Crippen molar-refractivity contribution in [1.29, 1.82) is 0 Å². The van der Waals surface area contributed by atoms with E-state index in [1.54, 1.807) is 24.3 Å². The number of aromatic carboxylic acids is 1. The fourth-order valence-electron chi connectivity index (χ4n) is 5.24. The van der Waals surface area contributed by atoms with E-state index >= 15 is 0 Å². The lowest BCUT2D eigenvalue weighted by Crippen LogP contribution is -2.42. The van der Waals surface area contributed by atoms with E-state index in [1.807, 2.05) is 0 Å². The SMILES string of the molecule is CN(C(=O)COc1ccccc1N(CCC1CCCCC1)C(=O)CNC(=O)Nc1cccc(C(=O)O)c1)c1cc(F)cc(F)c1. The van der Waals surface area contributed by atoms with Crippen molar-refractivity contribution in [3.63, 3.8) is 0 Å². The Kier molecular flexibility index (Phi) is 11.4. The third-order valence-corrected chi connectivity index (χ3v) is 7.67. The Hall–Kier alpha value is -5.00. The molecule has 3 N–H and O–H groups in total. The number of amides is 4. The molecule has 238 valence electrons. The van der Waals surface area contributed by atoms with E-state index in [0.717, 1.165) is 49.1 Å². The Morgan fingerprint density at radius 2 is 1.62 bits per heavy atom. The van der Waals surface area contributed by atoms with Gasteiger partial charge in [-0.3, -0.25) is 9.59 Å². The van der Waals surface area contributed by atoms with Crippen LogP contribution in [0.2, 0.25) is 0 Å². The van der Waals surface area contributed by atoms with Crippen LogP contribution in [0.1, 0.15) is 48.9 Å². The van der Waals surface area contributed by atoms with E-state index in [4.69, 9.17) is 4.74 Å². The van der Waals surface area contributed by atoms with Crippen LogP contribution >= 0.6 is 0 Å². The second-order valence-corrected chi connectivity index (χ2v) is 10.9. The lowest BCUT2D eigenvalue weighted by atomic mass is 9.87. The molecule has 0 aliphatic heterocycles. The van der Waals surface area contributed by atoms with Crippen molar-refractivity contribution in [2.75, 3.05) is 41.9 Å². The molecule has 1 fully saturated rings. The molecule has 0 bridgehead atoms. The van der Waals surface area contributed by atoms with Gasteiger partial charge in [0.25, 0.3) is 5.91 Å². The number of carboxylic acids is 1. The third kappa shape index (κ3) is 9.49. The summed E-state index contributed by atoms with van der Waals surface area (Å²) in [6, 6.07) is 14.5. The van der Waals surface area contributed by atoms with Gasteiger partial charge in [-0.15, -0.1) is 0 Å². The molecule has 0 radical (unpaired) electrons. The van der Waals surface area contributed by atoms with Gasteiger partial charge in [0.05, 0.1) is 17.8 Å². The molecule has 1 aliphatic rings. The largest absolute Gasteiger partial charge is 0.482 e. The van der Waals surface area contributed by atoms with Gasteiger partial charge in [0.1, 0.15) is 17.4 Å². The molecule has 10 nitrogen and oxygen atoms in total. The van der Waals surface area contributed by atoms with Crippen LogP contribution < -0.4 is 25.2 Å². The second kappa shape index (κ2) is 15.6. The molecule has 0 saturated heterocycles. The normalized spacial score (nSPS) is 13.0. The number of ether oxygens (including phenoxy) is 1. The summed E-state index contributed by atoms with van der Waals surface area (Å²) in [5.74, 6) is -3.08. The number of hydrogen-bond acceptors (Lipinski definition) is 5. The summed E-state index contributed by atoms with van der Waals surface area (Å²) in [6.45, 7) is -0.479. The Morgan fingerprint density at radius 3 is 2.33 bits per heavy atom. The summed E-state index contributed by atoms with van der Waals surface area (Å²) < 4.78 is 33.2. The predicted molar refractivity (Wildman–Crippen MR) is 166 cm³/mol. The average Bonchev–Trinajstić information content (AvgIpc) is 3.03. The van der Waals surface area contributed by atoms with Gasteiger partial charge in [0.2, 0.25) is 5.91 Å². The molecule has 0 aromatic heterocycles. The number of carbonyl (C=O) groups excluding carboxylic acids is 3. The van der Waals surface area contributed by atoms with Crippen molar-refractivity contribution in [2.24, 2.45) is 5.92 Å². The molecule has 0 spiro atoms. The van der Waals surface area contributed by atoms with Crippen molar-refractivity contribution in [2.45, 2.75) is 38.5 Å². The molecule has 1 saturated carbocycles. The number of halogens is 2. The summed E-state index contributed by atoms with van der Waals surface area (Å²) in [5, 5.41) is 14.2. The van der Waals surface area contributed by atoms with E-state index in [1.165, 1.54) is 42.6 Å². The molecule has 12 heteroatoms. The van der Waals surface area contributed by atoms with Crippen LogP contribution in [-0.2, 0) is 9.59 Å². The number of carboxylic acid groups (broad SMARTS) is 1. The number of benzene rings is 3. The summed E-state index contributed by atoms with van der Waals surface area (Å²) in [5.41, 5.74) is 0.685. The predicted octanol–water partition coefficient (Wildman–Crippen LogP) is 5.83. The van der Waals surface area contributed by atoms with E-state index in [-0.39, 0.29) is 29.2 Å².